The fourth-order valence-corrected chi connectivity index (χ4v) is 1.67. The molecule has 0 unspecified atom stereocenters. The van der Waals surface area contributed by atoms with E-state index in [1.165, 1.54) is 30.3 Å². The molecule has 2 rings (SSSR count). The van der Waals surface area contributed by atoms with E-state index >= 15 is 0 Å². The second-order valence-electron chi connectivity index (χ2n) is 4.23. The Morgan fingerprint density at radius 2 is 1.59 bits per heavy atom. The van der Waals surface area contributed by atoms with E-state index in [-0.39, 0.29) is 5.75 Å². The van der Waals surface area contributed by atoms with Crippen LogP contribution in [0.5, 0.6) is 5.75 Å². The average Bonchev–Trinajstić information content (AvgIpc) is 2.46. The minimum atomic E-state index is -1.15. The lowest BCUT2D eigenvalue weighted by Crippen LogP contribution is -2.13. The van der Waals surface area contributed by atoms with Gasteiger partial charge in [-0.3, -0.25) is 0 Å². The van der Waals surface area contributed by atoms with Crippen LogP contribution in [-0.4, -0.2) is 17.0 Å². The van der Waals surface area contributed by atoms with E-state index in [2.05, 4.69) is 0 Å². The number of carbonyl (C=O) groups excluding carboxylic acids is 1. The Morgan fingerprint density at radius 3 is 2.14 bits per heavy atom. The highest BCUT2D eigenvalue weighted by molar-refractivity contribution is 5.91. The monoisotopic (exact) mass is 304 g/mol. The largest absolute Gasteiger partial charge is 0.478 e. The van der Waals surface area contributed by atoms with Crippen LogP contribution in [0.1, 0.15) is 15.9 Å². The van der Waals surface area contributed by atoms with E-state index in [0.717, 1.165) is 24.3 Å². The number of halogens is 2. The first-order valence-electron chi connectivity index (χ1n) is 6.14. The van der Waals surface area contributed by atoms with Crippen molar-refractivity contribution in [3.05, 3.63) is 71.3 Å². The summed E-state index contributed by atoms with van der Waals surface area (Å²) in [6, 6.07) is 8.83. The Labute approximate surface area is 124 Å². The van der Waals surface area contributed by atoms with Crippen molar-refractivity contribution in [1.82, 2.24) is 0 Å². The molecule has 0 fully saturated rings. The summed E-state index contributed by atoms with van der Waals surface area (Å²) >= 11 is 0. The SMILES string of the molecule is O=C(O)C=Cc1ccc(OC(=O)c2c(F)cccc2F)cc1. The summed E-state index contributed by atoms with van der Waals surface area (Å²) in [5.41, 5.74) is -0.198. The van der Waals surface area contributed by atoms with Gasteiger partial charge in [0, 0.05) is 6.08 Å². The number of rotatable bonds is 4. The predicted molar refractivity (Wildman–Crippen MR) is 74.4 cm³/mol. The standard InChI is InChI=1S/C16H10F2O4/c17-12-2-1-3-13(18)15(12)16(21)22-11-7-4-10(5-8-11)6-9-14(19)20/h1-9H,(H,19,20). The highest BCUT2D eigenvalue weighted by Crippen LogP contribution is 2.18. The highest BCUT2D eigenvalue weighted by atomic mass is 19.1. The molecule has 0 aliphatic heterocycles. The molecule has 0 atom stereocenters. The zero-order chi connectivity index (χ0) is 16.1. The maximum absolute atomic E-state index is 13.4. The van der Waals surface area contributed by atoms with Gasteiger partial charge in [0.25, 0.3) is 0 Å². The molecule has 6 heteroatoms. The molecule has 2 aromatic rings. The molecule has 0 aliphatic rings. The Kier molecular flexibility index (Phi) is 4.63. The van der Waals surface area contributed by atoms with Gasteiger partial charge in [-0.05, 0) is 35.9 Å². The minimum absolute atomic E-state index is 0.0835. The first-order valence-corrected chi connectivity index (χ1v) is 6.14. The van der Waals surface area contributed by atoms with Crippen molar-refractivity contribution in [3.63, 3.8) is 0 Å². The second kappa shape index (κ2) is 6.62. The van der Waals surface area contributed by atoms with Crippen molar-refractivity contribution in [1.29, 1.82) is 0 Å². The minimum Gasteiger partial charge on any atom is -0.478 e. The molecule has 1 N–H and O–H groups in total. The number of esters is 1. The summed E-state index contributed by atoms with van der Waals surface area (Å²) in [4.78, 5) is 22.1. The quantitative estimate of drug-likeness (QED) is 0.535. The lowest BCUT2D eigenvalue weighted by atomic mass is 10.2. The molecule has 22 heavy (non-hydrogen) atoms. The van der Waals surface area contributed by atoms with Crippen LogP contribution in [0.15, 0.2) is 48.5 Å². The third kappa shape index (κ3) is 3.76. The van der Waals surface area contributed by atoms with Gasteiger partial charge < -0.3 is 9.84 Å². The van der Waals surface area contributed by atoms with Gasteiger partial charge in [-0.1, -0.05) is 18.2 Å². The molecular formula is C16H10F2O4. The number of ether oxygens (including phenoxy) is 1. The molecule has 0 saturated heterocycles. The van der Waals surface area contributed by atoms with Crippen LogP contribution in [0, 0.1) is 11.6 Å². The summed E-state index contributed by atoms with van der Waals surface area (Å²) in [5.74, 6) is -4.17. The molecule has 0 amide bonds. The summed E-state index contributed by atoms with van der Waals surface area (Å²) in [6.45, 7) is 0. The van der Waals surface area contributed by atoms with Crippen molar-refractivity contribution < 1.29 is 28.2 Å². The van der Waals surface area contributed by atoms with Gasteiger partial charge in [-0.25, -0.2) is 18.4 Å². The van der Waals surface area contributed by atoms with Crippen molar-refractivity contribution in [2.24, 2.45) is 0 Å². The van der Waals surface area contributed by atoms with Crippen LogP contribution in [0.25, 0.3) is 6.08 Å². The lowest BCUT2D eigenvalue weighted by Gasteiger charge is -2.06. The first-order chi connectivity index (χ1) is 10.5. The Bertz CT molecular complexity index is 716. The maximum atomic E-state index is 13.4. The van der Waals surface area contributed by atoms with Crippen LogP contribution in [0.4, 0.5) is 8.78 Å². The summed E-state index contributed by atoms with van der Waals surface area (Å²) in [6.07, 6.45) is 2.31. The van der Waals surface area contributed by atoms with Gasteiger partial charge in [0.15, 0.2) is 0 Å². The van der Waals surface area contributed by atoms with Gasteiger partial charge in [0.1, 0.15) is 22.9 Å². The van der Waals surface area contributed by atoms with E-state index in [1.807, 2.05) is 0 Å². The van der Waals surface area contributed by atoms with E-state index in [4.69, 9.17) is 9.84 Å². The van der Waals surface area contributed by atoms with E-state index in [0.29, 0.717) is 5.56 Å². The molecule has 0 spiro atoms. The van der Waals surface area contributed by atoms with Crippen LogP contribution in [0.2, 0.25) is 0 Å². The fraction of sp³-hybridized carbons (Fsp3) is 0. The van der Waals surface area contributed by atoms with Gasteiger partial charge in [0.2, 0.25) is 0 Å². The molecule has 4 nitrogen and oxygen atoms in total. The third-order valence-corrected chi connectivity index (χ3v) is 2.68. The maximum Gasteiger partial charge on any atom is 0.349 e. The Balaban J connectivity index is 2.14. The second-order valence-corrected chi connectivity index (χ2v) is 4.23. The number of carboxylic acid groups (broad SMARTS) is 1. The smallest absolute Gasteiger partial charge is 0.349 e. The van der Waals surface area contributed by atoms with Crippen molar-refractivity contribution >= 4 is 18.0 Å². The molecule has 0 saturated carbocycles. The summed E-state index contributed by atoms with van der Waals surface area (Å²) in [5, 5.41) is 8.50. The molecule has 0 aliphatic carbocycles. The van der Waals surface area contributed by atoms with Crippen molar-refractivity contribution in [3.8, 4) is 5.75 Å². The highest BCUT2D eigenvalue weighted by Gasteiger charge is 2.19. The Morgan fingerprint density at radius 1 is 1.00 bits per heavy atom. The average molecular weight is 304 g/mol. The number of carboxylic acids is 1. The number of hydrogen-bond acceptors (Lipinski definition) is 3. The van der Waals surface area contributed by atoms with Crippen LogP contribution in [0.3, 0.4) is 0 Å². The summed E-state index contributed by atoms with van der Waals surface area (Å²) in [7, 11) is 0. The summed E-state index contributed by atoms with van der Waals surface area (Å²) < 4.78 is 31.8. The lowest BCUT2D eigenvalue weighted by molar-refractivity contribution is -0.131. The van der Waals surface area contributed by atoms with E-state index in [1.54, 1.807) is 0 Å². The van der Waals surface area contributed by atoms with Gasteiger partial charge in [-0.2, -0.15) is 0 Å². The molecular weight excluding hydrogens is 294 g/mol. The predicted octanol–water partition coefficient (Wildman–Crippen LogP) is 3.28. The zero-order valence-electron chi connectivity index (χ0n) is 11.1. The van der Waals surface area contributed by atoms with Crippen molar-refractivity contribution in [2.45, 2.75) is 0 Å². The first kappa shape index (κ1) is 15.4. The van der Waals surface area contributed by atoms with Crippen molar-refractivity contribution in [2.75, 3.05) is 0 Å². The molecule has 0 aromatic heterocycles. The topological polar surface area (TPSA) is 63.6 Å². The molecule has 0 radical (unpaired) electrons. The normalized spacial score (nSPS) is 10.6. The van der Waals surface area contributed by atoms with Gasteiger partial charge in [0.05, 0.1) is 0 Å². The number of benzene rings is 2. The molecule has 2 aromatic carbocycles. The number of hydrogen-bond donors (Lipinski definition) is 1. The van der Waals surface area contributed by atoms with Crippen LogP contribution >= 0.6 is 0 Å². The van der Waals surface area contributed by atoms with Crippen LogP contribution in [-0.2, 0) is 4.79 Å². The molecule has 112 valence electrons. The molecule has 0 bridgehead atoms. The van der Waals surface area contributed by atoms with Gasteiger partial charge >= 0.3 is 11.9 Å². The number of carbonyl (C=O) groups is 2. The van der Waals surface area contributed by atoms with E-state index < -0.39 is 29.1 Å². The Hall–Kier alpha value is -3.02. The zero-order valence-corrected chi connectivity index (χ0v) is 11.1. The fourth-order valence-electron chi connectivity index (χ4n) is 1.67. The molecule has 0 heterocycles. The number of aliphatic carboxylic acids is 1. The third-order valence-electron chi connectivity index (χ3n) is 2.68. The van der Waals surface area contributed by atoms with Crippen LogP contribution < -0.4 is 4.74 Å². The van der Waals surface area contributed by atoms with Gasteiger partial charge in [-0.15, -0.1) is 0 Å². The van der Waals surface area contributed by atoms with E-state index in [9.17, 15) is 18.4 Å².